The highest BCUT2D eigenvalue weighted by molar-refractivity contribution is 5.88. The van der Waals surface area contributed by atoms with Gasteiger partial charge in [0.05, 0.1) is 19.0 Å². The van der Waals surface area contributed by atoms with Crippen LogP contribution in [0.2, 0.25) is 0 Å². The van der Waals surface area contributed by atoms with Gasteiger partial charge in [0.2, 0.25) is 5.88 Å². The van der Waals surface area contributed by atoms with Crippen LogP contribution in [0.1, 0.15) is 45.6 Å². The molecule has 0 unspecified atom stereocenters. The lowest BCUT2D eigenvalue weighted by Crippen LogP contribution is -1.98. The van der Waals surface area contributed by atoms with E-state index in [1.54, 1.807) is 7.11 Å². The fraction of sp³-hybridized carbons (Fsp3) is 0.438. The summed E-state index contributed by atoms with van der Waals surface area (Å²) in [6, 6.07) is 3.90. The summed E-state index contributed by atoms with van der Waals surface area (Å²) in [7, 11) is 1.61. The molecule has 0 fully saturated rings. The quantitative estimate of drug-likeness (QED) is 0.780. The molecule has 0 amide bonds. The van der Waals surface area contributed by atoms with E-state index in [4.69, 9.17) is 4.74 Å². The lowest BCUT2D eigenvalue weighted by molar-refractivity contribution is 0.399. The normalized spacial score (nSPS) is 12.2. The standard InChI is InChI=1S/C16H21N3O/c1-6-11(4)15-12-7-8-14(20-5)19-16(12)17-9-13(15)18-10(2)3/h7-9,11H,6H2,1-5H3/t11-/m1/s1. The third-order valence-corrected chi connectivity index (χ3v) is 3.38. The minimum Gasteiger partial charge on any atom is -0.481 e. The second-order valence-electron chi connectivity index (χ2n) is 5.15. The van der Waals surface area contributed by atoms with E-state index in [1.165, 1.54) is 5.56 Å². The van der Waals surface area contributed by atoms with Gasteiger partial charge in [0.15, 0.2) is 5.65 Å². The Balaban J connectivity index is 2.73. The molecule has 2 aromatic heterocycles. The van der Waals surface area contributed by atoms with Crippen molar-refractivity contribution in [2.45, 2.75) is 40.0 Å². The second kappa shape index (κ2) is 5.99. The van der Waals surface area contributed by atoms with Crippen molar-refractivity contribution in [3.8, 4) is 5.88 Å². The minimum absolute atomic E-state index is 0.411. The van der Waals surface area contributed by atoms with E-state index in [9.17, 15) is 0 Å². The predicted octanol–water partition coefficient (Wildman–Crippen LogP) is 4.26. The van der Waals surface area contributed by atoms with Gasteiger partial charge in [0, 0.05) is 17.2 Å². The first-order chi connectivity index (χ1) is 9.56. The van der Waals surface area contributed by atoms with Gasteiger partial charge >= 0.3 is 0 Å². The van der Waals surface area contributed by atoms with E-state index >= 15 is 0 Å². The van der Waals surface area contributed by atoms with Gasteiger partial charge in [-0.15, -0.1) is 0 Å². The Morgan fingerprint density at radius 2 is 2.10 bits per heavy atom. The highest BCUT2D eigenvalue weighted by Gasteiger charge is 2.15. The largest absolute Gasteiger partial charge is 0.481 e. The van der Waals surface area contributed by atoms with Crippen LogP contribution in [0.5, 0.6) is 5.88 Å². The van der Waals surface area contributed by atoms with E-state index in [-0.39, 0.29) is 0 Å². The lowest BCUT2D eigenvalue weighted by atomic mass is 9.94. The van der Waals surface area contributed by atoms with Crippen LogP contribution in [0.4, 0.5) is 5.69 Å². The highest BCUT2D eigenvalue weighted by Crippen LogP contribution is 2.34. The third kappa shape index (κ3) is 2.79. The van der Waals surface area contributed by atoms with Crippen LogP contribution in [0, 0.1) is 0 Å². The smallest absolute Gasteiger partial charge is 0.215 e. The summed E-state index contributed by atoms with van der Waals surface area (Å²) >= 11 is 0. The van der Waals surface area contributed by atoms with Crippen LogP contribution in [-0.4, -0.2) is 22.8 Å². The second-order valence-corrected chi connectivity index (χ2v) is 5.15. The van der Waals surface area contributed by atoms with E-state index in [1.807, 2.05) is 32.2 Å². The molecule has 1 atom stereocenters. The minimum atomic E-state index is 0.411. The molecule has 0 aliphatic rings. The van der Waals surface area contributed by atoms with Crippen LogP contribution >= 0.6 is 0 Å². The average Bonchev–Trinajstić information content (AvgIpc) is 2.45. The van der Waals surface area contributed by atoms with Crippen LogP contribution in [0.15, 0.2) is 23.3 Å². The summed E-state index contributed by atoms with van der Waals surface area (Å²) in [5, 5.41) is 1.06. The van der Waals surface area contributed by atoms with Crippen molar-refractivity contribution in [2.24, 2.45) is 4.99 Å². The molecule has 0 N–H and O–H groups in total. The molecule has 2 rings (SSSR count). The summed E-state index contributed by atoms with van der Waals surface area (Å²) in [6.45, 7) is 8.39. The van der Waals surface area contributed by atoms with Gasteiger partial charge in [-0.2, -0.15) is 4.98 Å². The SMILES string of the molecule is CC[C@@H](C)c1c(N=C(C)C)cnc2nc(OC)ccc12. The van der Waals surface area contributed by atoms with Gasteiger partial charge in [0.1, 0.15) is 0 Å². The first-order valence-corrected chi connectivity index (χ1v) is 6.92. The van der Waals surface area contributed by atoms with Crippen molar-refractivity contribution in [1.82, 2.24) is 9.97 Å². The topological polar surface area (TPSA) is 47.4 Å². The molecule has 20 heavy (non-hydrogen) atoms. The Labute approximate surface area is 119 Å². The number of hydrogen-bond acceptors (Lipinski definition) is 4. The summed E-state index contributed by atoms with van der Waals surface area (Å²) in [5.74, 6) is 0.997. The zero-order chi connectivity index (χ0) is 14.7. The molecule has 4 heteroatoms. The highest BCUT2D eigenvalue weighted by atomic mass is 16.5. The molecular formula is C16H21N3O. The number of fused-ring (bicyclic) bond motifs is 1. The predicted molar refractivity (Wildman–Crippen MR) is 83.2 cm³/mol. The van der Waals surface area contributed by atoms with Gasteiger partial charge in [-0.25, -0.2) is 4.98 Å². The number of methoxy groups -OCH3 is 1. The van der Waals surface area contributed by atoms with Crippen molar-refractivity contribution in [3.63, 3.8) is 0 Å². The fourth-order valence-corrected chi connectivity index (χ4v) is 2.24. The molecular weight excluding hydrogens is 250 g/mol. The monoisotopic (exact) mass is 271 g/mol. The molecule has 0 aliphatic carbocycles. The maximum Gasteiger partial charge on any atom is 0.215 e. The Bertz CT molecular complexity index is 645. The first-order valence-electron chi connectivity index (χ1n) is 6.92. The van der Waals surface area contributed by atoms with E-state index in [0.29, 0.717) is 17.4 Å². The summed E-state index contributed by atoms with van der Waals surface area (Å²) in [4.78, 5) is 13.4. The van der Waals surface area contributed by atoms with E-state index in [0.717, 1.165) is 23.2 Å². The number of hydrogen-bond donors (Lipinski definition) is 0. The van der Waals surface area contributed by atoms with E-state index < -0.39 is 0 Å². The third-order valence-electron chi connectivity index (χ3n) is 3.38. The van der Waals surface area contributed by atoms with Crippen LogP contribution in [0.25, 0.3) is 11.0 Å². The van der Waals surface area contributed by atoms with Gasteiger partial charge in [-0.1, -0.05) is 13.8 Å². The maximum absolute atomic E-state index is 5.17. The molecule has 0 aromatic carbocycles. The fourth-order valence-electron chi connectivity index (χ4n) is 2.24. The van der Waals surface area contributed by atoms with Gasteiger partial charge in [0.25, 0.3) is 0 Å². The van der Waals surface area contributed by atoms with Crippen molar-refractivity contribution in [3.05, 3.63) is 23.9 Å². The van der Waals surface area contributed by atoms with Crippen LogP contribution in [0.3, 0.4) is 0 Å². The number of pyridine rings is 2. The van der Waals surface area contributed by atoms with Crippen molar-refractivity contribution in [1.29, 1.82) is 0 Å². The molecule has 106 valence electrons. The molecule has 0 spiro atoms. The van der Waals surface area contributed by atoms with Crippen LogP contribution < -0.4 is 4.74 Å². The Kier molecular flexibility index (Phi) is 4.32. The molecule has 2 aromatic rings. The average molecular weight is 271 g/mol. The van der Waals surface area contributed by atoms with Crippen molar-refractivity contribution < 1.29 is 4.74 Å². The van der Waals surface area contributed by atoms with Crippen molar-refractivity contribution in [2.75, 3.05) is 7.11 Å². The van der Waals surface area contributed by atoms with Crippen molar-refractivity contribution >= 4 is 22.4 Å². The Morgan fingerprint density at radius 1 is 1.35 bits per heavy atom. The van der Waals surface area contributed by atoms with Gasteiger partial charge in [-0.05, 0) is 37.8 Å². The summed E-state index contributed by atoms with van der Waals surface area (Å²) in [6.07, 6.45) is 2.86. The summed E-state index contributed by atoms with van der Waals surface area (Å²) in [5.41, 5.74) is 3.90. The molecule has 0 saturated heterocycles. The molecule has 0 aliphatic heterocycles. The Morgan fingerprint density at radius 3 is 2.70 bits per heavy atom. The first kappa shape index (κ1) is 14.4. The number of aromatic nitrogens is 2. The lowest BCUT2D eigenvalue weighted by Gasteiger charge is -2.15. The molecule has 0 saturated carbocycles. The maximum atomic E-state index is 5.17. The molecule has 2 heterocycles. The molecule has 0 bridgehead atoms. The zero-order valence-corrected chi connectivity index (χ0v) is 12.8. The van der Waals surface area contributed by atoms with Crippen LogP contribution in [-0.2, 0) is 0 Å². The van der Waals surface area contributed by atoms with E-state index in [2.05, 4.69) is 28.8 Å². The number of nitrogens with zero attached hydrogens (tertiary/aromatic N) is 3. The number of rotatable bonds is 4. The molecule has 4 nitrogen and oxygen atoms in total. The summed E-state index contributed by atoms with van der Waals surface area (Å²) < 4.78 is 5.17. The number of aliphatic imine (C=N–C) groups is 1. The Hall–Kier alpha value is -1.97. The zero-order valence-electron chi connectivity index (χ0n) is 12.8. The van der Waals surface area contributed by atoms with Gasteiger partial charge in [-0.3, -0.25) is 4.99 Å². The number of ether oxygens (including phenoxy) is 1. The van der Waals surface area contributed by atoms with Gasteiger partial charge < -0.3 is 4.74 Å². The molecule has 0 radical (unpaired) electrons.